The second-order valence-corrected chi connectivity index (χ2v) is 4.61. The molecule has 0 spiro atoms. The highest BCUT2D eigenvalue weighted by atomic mass is 16.5. The molecular weight excluding hydrogens is 296 g/mol. The second-order valence-electron chi connectivity index (χ2n) is 4.61. The molecular formula is C15H12N6O2. The van der Waals surface area contributed by atoms with Crippen molar-refractivity contribution in [2.24, 2.45) is 0 Å². The third-order valence-corrected chi connectivity index (χ3v) is 3.04. The molecule has 0 saturated heterocycles. The predicted molar refractivity (Wildman–Crippen MR) is 82.3 cm³/mol. The minimum atomic E-state index is 0.0985. The first-order valence-electron chi connectivity index (χ1n) is 6.61. The molecule has 0 bridgehead atoms. The molecule has 0 unspecified atom stereocenters. The lowest BCUT2D eigenvalue weighted by Crippen LogP contribution is -1.95. The number of rotatable bonds is 4. The van der Waals surface area contributed by atoms with Crippen molar-refractivity contribution in [3.05, 3.63) is 42.4 Å². The van der Waals surface area contributed by atoms with Crippen LogP contribution in [0.4, 0.5) is 11.6 Å². The molecule has 0 fully saturated rings. The first-order chi connectivity index (χ1) is 11.2. The van der Waals surface area contributed by atoms with Gasteiger partial charge in [0.2, 0.25) is 0 Å². The molecule has 1 aromatic carbocycles. The number of anilines is 2. The van der Waals surface area contributed by atoms with Gasteiger partial charge in [0.25, 0.3) is 0 Å². The molecule has 2 heterocycles. The highest BCUT2D eigenvalue weighted by Gasteiger charge is 2.08. The third kappa shape index (κ3) is 3.19. The van der Waals surface area contributed by atoms with E-state index in [1.807, 2.05) is 6.07 Å². The van der Waals surface area contributed by atoms with Crippen LogP contribution in [-0.2, 0) is 0 Å². The van der Waals surface area contributed by atoms with Crippen LogP contribution in [0.5, 0.6) is 11.5 Å². The number of nitrogens with one attached hydrogen (secondary N) is 2. The van der Waals surface area contributed by atoms with E-state index in [0.717, 1.165) is 5.56 Å². The summed E-state index contributed by atoms with van der Waals surface area (Å²) in [5.41, 5.74) is 1.67. The van der Waals surface area contributed by atoms with Crippen LogP contribution in [0.15, 0.2) is 36.7 Å². The molecule has 8 nitrogen and oxygen atoms in total. The SMILES string of the molecule is COc1cc(O)cc(-c2cc(Nc3cnc(C#N)cn3)n[nH]2)c1. The van der Waals surface area contributed by atoms with Crippen LogP contribution in [0.2, 0.25) is 0 Å². The van der Waals surface area contributed by atoms with Gasteiger partial charge in [0.1, 0.15) is 23.4 Å². The van der Waals surface area contributed by atoms with Crippen molar-refractivity contribution in [2.45, 2.75) is 0 Å². The van der Waals surface area contributed by atoms with E-state index in [2.05, 4.69) is 25.5 Å². The van der Waals surface area contributed by atoms with Gasteiger partial charge in [-0.2, -0.15) is 10.4 Å². The minimum Gasteiger partial charge on any atom is -0.508 e. The maximum absolute atomic E-state index is 9.70. The zero-order valence-corrected chi connectivity index (χ0v) is 12.1. The van der Waals surface area contributed by atoms with E-state index in [1.165, 1.54) is 25.6 Å². The average Bonchev–Trinajstić information content (AvgIpc) is 3.03. The lowest BCUT2D eigenvalue weighted by atomic mass is 10.1. The Morgan fingerprint density at radius 1 is 1.17 bits per heavy atom. The van der Waals surface area contributed by atoms with Crippen molar-refractivity contribution < 1.29 is 9.84 Å². The zero-order valence-electron chi connectivity index (χ0n) is 12.1. The highest BCUT2D eigenvalue weighted by Crippen LogP contribution is 2.29. The van der Waals surface area contributed by atoms with E-state index in [9.17, 15) is 5.11 Å². The minimum absolute atomic E-state index is 0.0985. The fraction of sp³-hybridized carbons (Fsp3) is 0.0667. The summed E-state index contributed by atoms with van der Waals surface area (Å²) in [5.74, 6) is 1.64. The Kier molecular flexibility index (Phi) is 3.76. The number of phenols is 1. The first kappa shape index (κ1) is 14.3. The number of nitriles is 1. The van der Waals surface area contributed by atoms with Gasteiger partial charge in [-0.1, -0.05) is 0 Å². The van der Waals surface area contributed by atoms with Crippen LogP contribution in [0.3, 0.4) is 0 Å². The molecule has 8 heteroatoms. The van der Waals surface area contributed by atoms with Crippen LogP contribution in [0.1, 0.15) is 5.69 Å². The average molecular weight is 308 g/mol. The third-order valence-electron chi connectivity index (χ3n) is 3.04. The summed E-state index contributed by atoms with van der Waals surface area (Å²) in [6, 6.07) is 8.55. The van der Waals surface area contributed by atoms with Gasteiger partial charge in [-0.15, -0.1) is 0 Å². The van der Waals surface area contributed by atoms with E-state index in [4.69, 9.17) is 10.00 Å². The van der Waals surface area contributed by atoms with Gasteiger partial charge < -0.3 is 15.2 Å². The molecule has 0 aliphatic heterocycles. The van der Waals surface area contributed by atoms with Crippen molar-refractivity contribution in [3.8, 4) is 28.8 Å². The molecule has 0 atom stereocenters. The van der Waals surface area contributed by atoms with Crippen molar-refractivity contribution >= 4 is 11.6 Å². The number of hydrogen-bond acceptors (Lipinski definition) is 7. The first-order valence-corrected chi connectivity index (χ1v) is 6.61. The number of aromatic amines is 1. The fourth-order valence-electron chi connectivity index (χ4n) is 1.97. The van der Waals surface area contributed by atoms with E-state index < -0.39 is 0 Å². The Morgan fingerprint density at radius 2 is 2.04 bits per heavy atom. The standard InChI is InChI=1S/C15H12N6O2/c1-23-12-3-9(2-11(22)4-12)13-5-14(21-20-13)19-15-8-17-10(6-16)7-18-15/h2-5,7-8,22H,1H3,(H2,18,19,20,21). The van der Waals surface area contributed by atoms with E-state index >= 15 is 0 Å². The molecule has 3 rings (SSSR count). The molecule has 114 valence electrons. The van der Waals surface area contributed by atoms with Gasteiger partial charge in [-0.3, -0.25) is 5.10 Å². The molecule has 23 heavy (non-hydrogen) atoms. The lowest BCUT2D eigenvalue weighted by Gasteiger charge is -2.04. The molecule has 0 saturated carbocycles. The van der Waals surface area contributed by atoms with Gasteiger partial charge in [0, 0.05) is 17.7 Å². The molecule has 3 aromatic rings. The van der Waals surface area contributed by atoms with E-state index in [1.54, 1.807) is 18.2 Å². The Hall–Kier alpha value is -3.60. The number of benzene rings is 1. The van der Waals surface area contributed by atoms with Crippen molar-refractivity contribution in [2.75, 3.05) is 12.4 Å². The zero-order chi connectivity index (χ0) is 16.2. The molecule has 0 aliphatic carbocycles. The molecule has 0 radical (unpaired) electrons. The predicted octanol–water partition coefficient (Wildman–Crippen LogP) is 2.20. The topological polar surface area (TPSA) is 120 Å². The van der Waals surface area contributed by atoms with Crippen molar-refractivity contribution in [3.63, 3.8) is 0 Å². The Labute approximate surface area is 131 Å². The number of H-pyrrole nitrogens is 1. The maximum Gasteiger partial charge on any atom is 0.158 e. The molecule has 3 N–H and O–H groups in total. The van der Waals surface area contributed by atoms with E-state index in [0.29, 0.717) is 23.1 Å². The summed E-state index contributed by atoms with van der Waals surface area (Å²) in [5, 5.41) is 28.4. The summed E-state index contributed by atoms with van der Waals surface area (Å²) in [6.07, 6.45) is 2.82. The number of hydrogen-bond donors (Lipinski definition) is 3. The lowest BCUT2D eigenvalue weighted by molar-refractivity contribution is 0.408. The quantitative estimate of drug-likeness (QED) is 0.675. The highest BCUT2D eigenvalue weighted by molar-refractivity contribution is 5.67. The van der Waals surface area contributed by atoms with Gasteiger partial charge in [-0.25, -0.2) is 9.97 Å². The Bertz CT molecular complexity index is 866. The Morgan fingerprint density at radius 3 is 2.74 bits per heavy atom. The van der Waals surface area contributed by atoms with Gasteiger partial charge in [0.15, 0.2) is 11.5 Å². The van der Waals surface area contributed by atoms with Crippen molar-refractivity contribution in [1.29, 1.82) is 5.26 Å². The normalized spacial score (nSPS) is 10.1. The molecule has 2 aromatic heterocycles. The largest absolute Gasteiger partial charge is 0.508 e. The number of ether oxygens (including phenoxy) is 1. The monoisotopic (exact) mass is 308 g/mol. The number of nitrogens with zero attached hydrogens (tertiary/aromatic N) is 4. The maximum atomic E-state index is 9.70. The van der Waals surface area contributed by atoms with Crippen LogP contribution in [-0.4, -0.2) is 32.4 Å². The number of aromatic nitrogens is 4. The van der Waals surface area contributed by atoms with Crippen LogP contribution in [0, 0.1) is 11.3 Å². The summed E-state index contributed by atoms with van der Waals surface area (Å²) in [4.78, 5) is 7.98. The summed E-state index contributed by atoms with van der Waals surface area (Å²) in [7, 11) is 1.53. The second kappa shape index (κ2) is 6.03. The summed E-state index contributed by atoms with van der Waals surface area (Å²) in [6.45, 7) is 0. The Balaban J connectivity index is 1.82. The number of phenolic OH excluding ortho intramolecular Hbond substituents is 1. The van der Waals surface area contributed by atoms with Crippen LogP contribution >= 0.6 is 0 Å². The van der Waals surface area contributed by atoms with Gasteiger partial charge in [0.05, 0.1) is 25.2 Å². The summed E-state index contributed by atoms with van der Waals surface area (Å²) < 4.78 is 5.13. The van der Waals surface area contributed by atoms with Crippen LogP contribution < -0.4 is 10.1 Å². The van der Waals surface area contributed by atoms with Crippen molar-refractivity contribution in [1.82, 2.24) is 20.2 Å². The van der Waals surface area contributed by atoms with Gasteiger partial charge >= 0.3 is 0 Å². The molecule has 0 aliphatic rings. The van der Waals surface area contributed by atoms with Gasteiger partial charge in [-0.05, 0) is 12.1 Å². The smallest absolute Gasteiger partial charge is 0.158 e. The summed E-state index contributed by atoms with van der Waals surface area (Å²) >= 11 is 0. The van der Waals surface area contributed by atoms with Crippen LogP contribution in [0.25, 0.3) is 11.3 Å². The fourth-order valence-corrected chi connectivity index (χ4v) is 1.97. The molecule has 0 amide bonds. The van der Waals surface area contributed by atoms with E-state index in [-0.39, 0.29) is 11.4 Å². The number of methoxy groups -OCH3 is 1. The number of aromatic hydroxyl groups is 1.